The van der Waals surface area contributed by atoms with Crippen LogP contribution in [-0.2, 0) is 6.54 Å². The van der Waals surface area contributed by atoms with E-state index in [4.69, 9.17) is 0 Å². The van der Waals surface area contributed by atoms with Gasteiger partial charge in [0.1, 0.15) is 0 Å². The Morgan fingerprint density at radius 1 is 1.12 bits per heavy atom. The van der Waals surface area contributed by atoms with Crippen molar-refractivity contribution in [1.82, 2.24) is 35.3 Å². The number of urea groups is 1. The zero-order chi connectivity index (χ0) is 18.4. The van der Waals surface area contributed by atoms with E-state index < -0.39 is 0 Å². The molecule has 0 aliphatic carbocycles. The highest BCUT2D eigenvalue weighted by molar-refractivity contribution is 5.74. The predicted octanol–water partition coefficient (Wildman–Crippen LogP) is 1.68. The summed E-state index contributed by atoms with van der Waals surface area (Å²) >= 11 is 0. The minimum absolute atomic E-state index is 0.0486. The summed E-state index contributed by atoms with van der Waals surface area (Å²) in [6, 6.07) is 10.2. The maximum Gasteiger partial charge on any atom is 0.317 e. The number of aromatic nitrogens is 4. The van der Waals surface area contributed by atoms with Gasteiger partial charge in [0.25, 0.3) is 0 Å². The molecule has 0 unspecified atom stereocenters. The fraction of sp³-hybridized carbons (Fsp3) is 0.556. The number of nitrogens with zero attached hydrogens (tertiary/aromatic N) is 6. The van der Waals surface area contributed by atoms with E-state index in [0.29, 0.717) is 6.54 Å². The van der Waals surface area contributed by atoms with Gasteiger partial charge in [-0.1, -0.05) is 32.0 Å². The summed E-state index contributed by atoms with van der Waals surface area (Å²) in [5.41, 5.74) is 0.954. The lowest BCUT2D eigenvalue weighted by atomic mass is 10.2. The zero-order valence-electron chi connectivity index (χ0n) is 15.5. The van der Waals surface area contributed by atoms with Gasteiger partial charge in [-0.3, -0.25) is 4.90 Å². The normalized spacial score (nSPS) is 15.4. The van der Waals surface area contributed by atoms with Crippen molar-refractivity contribution in [2.24, 2.45) is 0 Å². The average Bonchev–Trinajstić information content (AvgIpc) is 3.15. The number of hydrogen-bond acceptors (Lipinski definition) is 5. The maximum atomic E-state index is 12.3. The van der Waals surface area contributed by atoms with Crippen LogP contribution in [0.15, 0.2) is 30.3 Å². The summed E-state index contributed by atoms with van der Waals surface area (Å²) in [6.07, 6.45) is 1.93. The average molecular weight is 357 g/mol. The van der Waals surface area contributed by atoms with Crippen molar-refractivity contribution in [2.45, 2.75) is 39.3 Å². The Bertz CT molecular complexity index is 691. The number of benzene rings is 1. The Kier molecular flexibility index (Phi) is 6.17. The largest absolute Gasteiger partial charge is 0.335 e. The van der Waals surface area contributed by atoms with Crippen LogP contribution in [0.25, 0.3) is 5.69 Å². The zero-order valence-corrected chi connectivity index (χ0v) is 15.5. The van der Waals surface area contributed by atoms with Crippen molar-refractivity contribution in [3.63, 3.8) is 0 Å². The van der Waals surface area contributed by atoms with Gasteiger partial charge in [-0.05, 0) is 35.4 Å². The second-order valence-corrected chi connectivity index (χ2v) is 6.57. The number of carbonyl (C=O) groups excluding carboxylic acids is 1. The smallest absolute Gasteiger partial charge is 0.317 e. The molecule has 2 aromatic rings. The lowest BCUT2D eigenvalue weighted by molar-refractivity contribution is 0.130. The molecule has 1 aliphatic rings. The van der Waals surface area contributed by atoms with Crippen LogP contribution in [0.2, 0.25) is 0 Å². The highest BCUT2D eigenvalue weighted by atomic mass is 16.2. The second-order valence-electron chi connectivity index (χ2n) is 6.57. The van der Waals surface area contributed by atoms with Crippen molar-refractivity contribution in [3.05, 3.63) is 36.2 Å². The van der Waals surface area contributed by atoms with Crippen molar-refractivity contribution >= 4 is 6.03 Å². The molecule has 1 aromatic heterocycles. The molecular formula is C18H27N7O. The summed E-state index contributed by atoms with van der Waals surface area (Å²) in [5.74, 6) is 0.811. The molecule has 2 heterocycles. The van der Waals surface area contributed by atoms with Crippen molar-refractivity contribution in [1.29, 1.82) is 0 Å². The number of carbonyl (C=O) groups is 1. The van der Waals surface area contributed by atoms with Crippen LogP contribution in [0.4, 0.5) is 4.79 Å². The molecular weight excluding hydrogens is 330 g/mol. The first-order chi connectivity index (χ1) is 12.7. The Hall–Kier alpha value is -2.48. The molecule has 0 bridgehead atoms. The predicted molar refractivity (Wildman–Crippen MR) is 98.9 cm³/mol. The number of rotatable bonds is 6. The lowest BCUT2D eigenvalue weighted by Gasteiger charge is -2.35. The summed E-state index contributed by atoms with van der Waals surface area (Å²) < 4.78 is 1.77. The molecule has 0 atom stereocenters. The standard InChI is InChI=1S/C18H27N7O/c1-3-15(4-2)19-18(26)24-12-10-23(11-13-24)14-17-20-21-22-25(17)16-8-6-5-7-9-16/h5-9,15H,3-4,10-14H2,1-2H3,(H,19,26). The van der Waals surface area contributed by atoms with Crippen molar-refractivity contribution < 1.29 is 4.79 Å². The molecule has 0 spiro atoms. The van der Waals surface area contributed by atoms with Gasteiger partial charge in [0.05, 0.1) is 12.2 Å². The first kappa shape index (κ1) is 18.3. The first-order valence-electron chi connectivity index (χ1n) is 9.31. The monoisotopic (exact) mass is 357 g/mol. The van der Waals surface area contributed by atoms with Crippen LogP contribution >= 0.6 is 0 Å². The van der Waals surface area contributed by atoms with Crippen LogP contribution < -0.4 is 5.32 Å². The van der Waals surface area contributed by atoms with Gasteiger partial charge in [0.15, 0.2) is 5.82 Å². The van der Waals surface area contributed by atoms with E-state index in [0.717, 1.165) is 50.5 Å². The molecule has 1 aliphatic heterocycles. The third-order valence-corrected chi connectivity index (χ3v) is 4.87. The lowest BCUT2D eigenvalue weighted by Crippen LogP contribution is -2.53. The van der Waals surface area contributed by atoms with E-state index in [1.807, 2.05) is 35.2 Å². The minimum Gasteiger partial charge on any atom is -0.335 e. The molecule has 1 N–H and O–H groups in total. The molecule has 8 heteroatoms. The quantitative estimate of drug-likeness (QED) is 0.851. The van der Waals surface area contributed by atoms with E-state index in [1.165, 1.54) is 0 Å². The molecule has 0 radical (unpaired) electrons. The van der Waals surface area contributed by atoms with Gasteiger partial charge in [-0.15, -0.1) is 5.10 Å². The fourth-order valence-corrected chi connectivity index (χ4v) is 3.14. The van der Waals surface area contributed by atoms with Gasteiger partial charge in [0, 0.05) is 32.2 Å². The van der Waals surface area contributed by atoms with Gasteiger partial charge in [0.2, 0.25) is 0 Å². The molecule has 3 rings (SSSR count). The van der Waals surface area contributed by atoms with E-state index >= 15 is 0 Å². The topological polar surface area (TPSA) is 79.2 Å². The van der Waals surface area contributed by atoms with Crippen LogP contribution in [0.3, 0.4) is 0 Å². The van der Waals surface area contributed by atoms with Crippen LogP contribution in [0.5, 0.6) is 0 Å². The summed E-state index contributed by atoms with van der Waals surface area (Å²) in [7, 11) is 0. The molecule has 1 saturated heterocycles. The maximum absolute atomic E-state index is 12.3. The van der Waals surface area contributed by atoms with Gasteiger partial charge in [-0.2, -0.15) is 4.68 Å². The van der Waals surface area contributed by atoms with Gasteiger partial charge in [-0.25, -0.2) is 4.79 Å². The van der Waals surface area contributed by atoms with Crippen molar-refractivity contribution in [2.75, 3.05) is 26.2 Å². The highest BCUT2D eigenvalue weighted by Gasteiger charge is 2.23. The Morgan fingerprint density at radius 3 is 2.46 bits per heavy atom. The van der Waals surface area contributed by atoms with Crippen molar-refractivity contribution in [3.8, 4) is 5.69 Å². The fourth-order valence-electron chi connectivity index (χ4n) is 3.14. The molecule has 2 amide bonds. The first-order valence-corrected chi connectivity index (χ1v) is 9.31. The minimum atomic E-state index is 0.0486. The molecule has 0 saturated carbocycles. The van der Waals surface area contributed by atoms with E-state index in [9.17, 15) is 4.79 Å². The number of amides is 2. The number of tetrazole rings is 1. The summed E-state index contributed by atoms with van der Waals surface area (Å²) in [5, 5.41) is 15.2. The second kappa shape index (κ2) is 8.75. The van der Waals surface area contributed by atoms with Crippen LogP contribution in [0, 0.1) is 0 Å². The third kappa shape index (κ3) is 4.37. The van der Waals surface area contributed by atoms with E-state index in [1.54, 1.807) is 4.68 Å². The summed E-state index contributed by atoms with van der Waals surface area (Å²) in [4.78, 5) is 16.5. The Labute approximate surface area is 154 Å². The van der Waals surface area contributed by atoms with Gasteiger partial charge >= 0.3 is 6.03 Å². The molecule has 1 aromatic carbocycles. The number of piperazine rings is 1. The number of para-hydroxylation sites is 1. The SMILES string of the molecule is CCC(CC)NC(=O)N1CCN(Cc2nnnn2-c2ccccc2)CC1. The molecule has 8 nitrogen and oxygen atoms in total. The van der Waals surface area contributed by atoms with E-state index in [-0.39, 0.29) is 12.1 Å². The number of nitrogens with one attached hydrogen (secondary N) is 1. The van der Waals surface area contributed by atoms with Crippen LogP contribution in [-0.4, -0.2) is 68.3 Å². The third-order valence-electron chi connectivity index (χ3n) is 4.87. The molecule has 1 fully saturated rings. The molecule has 140 valence electrons. The summed E-state index contributed by atoms with van der Waals surface area (Å²) in [6.45, 7) is 7.95. The van der Waals surface area contributed by atoms with E-state index in [2.05, 4.69) is 39.6 Å². The Balaban J connectivity index is 1.54. The highest BCUT2D eigenvalue weighted by Crippen LogP contribution is 2.11. The Morgan fingerprint density at radius 2 is 1.81 bits per heavy atom. The van der Waals surface area contributed by atoms with Crippen LogP contribution in [0.1, 0.15) is 32.5 Å². The number of hydrogen-bond donors (Lipinski definition) is 1. The van der Waals surface area contributed by atoms with Gasteiger partial charge < -0.3 is 10.2 Å². The molecule has 26 heavy (non-hydrogen) atoms.